The molecule has 3 rings (SSSR count). The standard InChI is InChI=1S/C21H21NO4S3/c1-16-6-10-19(11-7-16)28(23,24)22(15-18(3)21-5-4-14-27-21)29(25,26)20-12-8-17(2)9-13-20/h4-14H,3,15H2,1-2H3. The van der Waals surface area contributed by atoms with Gasteiger partial charge in [0.05, 0.1) is 16.3 Å². The molecule has 0 spiro atoms. The summed E-state index contributed by atoms with van der Waals surface area (Å²) < 4.78 is 53.9. The van der Waals surface area contributed by atoms with Crippen molar-refractivity contribution in [2.75, 3.05) is 6.54 Å². The van der Waals surface area contributed by atoms with Crippen LogP contribution in [-0.4, -0.2) is 27.1 Å². The fraction of sp³-hybridized carbons (Fsp3) is 0.143. The molecule has 0 aliphatic heterocycles. The van der Waals surface area contributed by atoms with Crippen LogP contribution in [-0.2, 0) is 20.0 Å². The van der Waals surface area contributed by atoms with Gasteiger partial charge in [0.1, 0.15) is 0 Å². The summed E-state index contributed by atoms with van der Waals surface area (Å²) in [4.78, 5) is 0.559. The lowest BCUT2D eigenvalue weighted by molar-refractivity contribution is 0.515. The number of rotatable bonds is 7. The molecule has 8 heteroatoms. The van der Waals surface area contributed by atoms with Crippen LogP contribution in [0.3, 0.4) is 0 Å². The highest BCUT2D eigenvalue weighted by Crippen LogP contribution is 2.29. The van der Waals surface area contributed by atoms with Crippen molar-refractivity contribution < 1.29 is 16.8 Å². The monoisotopic (exact) mass is 447 g/mol. The van der Waals surface area contributed by atoms with E-state index in [4.69, 9.17) is 0 Å². The van der Waals surface area contributed by atoms with E-state index in [-0.39, 0.29) is 16.3 Å². The summed E-state index contributed by atoms with van der Waals surface area (Å²) in [5, 5.41) is 1.83. The minimum absolute atomic E-state index is 0.0854. The second kappa shape index (κ2) is 8.23. The Morgan fingerprint density at radius 2 is 1.28 bits per heavy atom. The van der Waals surface area contributed by atoms with Crippen molar-refractivity contribution >= 4 is 37.0 Å². The molecule has 0 fully saturated rings. The van der Waals surface area contributed by atoms with Gasteiger partial charge in [-0.05, 0) is 55.1 Å². The summed E-state index contributed by atoms with van der Waals surface area (Å²) >= 11 is 1.37. The summed E-state index contributed by atoms with van der Waals surface area (Å²) in [7, 11) is -8.66. The van der Waals surface area contributed by atoms with Gasteiger partial charge in [0.25, 0.3) is 20.0 Å². The van der Waals surface area contributed by atoms with Crippen molar-refractivity contribution in [3.8, 4) is 0 Å². The summed E-state index contributed by atoms with van der Waals surface area (Å²) in [5.74, 6) is 0. The molecule has 5 nitrogen and oxygen atoms in total. The SMILES string of the molecule is C=C(CN(S(=O)(=O)c1ccc(C)cc1)S(=O)(=O)c1ccc(C)cc1)c1cccs1. The van der Waals surface area contributed by atoms with Crippen molar-refractivity contribution in [3.63, 3.8) is 0 Å². The Kier molecular flexibility index (Phi) is 6.09. The normalized spacial score (nSPS) is 12.2. The van der Waals surface area contributed by atoms with Gasteiger partial charge in [-0.2, -0.15) is 0 Å². The lowest BCUT2D eigenvalue weighted by Gasteiger charge is -2.23. The maximum absolute atomic E-state index is 13.3. The van der Waals surface area contributed by atoms with Crippen LogP contribution in [0.25, 0.3) is 5.57 Å². The van der Waals surface area contributed by atoms with Crippen molar-refractivity contribution in [2.45, 2.75) is 23.6 Å². The summed E-state index contributed by atoms with van der Waals surface area (Å²) in [5.41, 5.74) is 2.16. The lowest BCUT2D eigenvalue weighted by atomic mass is 10.2. The third-order valence-corrected chi connectivity index (χ3v) is 9.58. The van der Waals surface area contributed by atoms with Gasteiger partial charge in [-0.25, -0.2) is 16.8 Å². The fourth-order valence-corrected chi connectivity index (χ4v) is 6.99. The largest absolute Gasteiger partial charge is 0.256 e. The molecule has 3 aromatic rings. The fourth-order valence-electron chi connectivity index (χ4n) is 2.67. The van der Waals surface area contributed by atoms with Gasteiger partial charge < -0.3 is 0 Å². The summed E-state index contributed by atoms with van der Waals surface area (Å²) in [6.07, 6.45) is 0. The highest BCUT2D eigenvalue weighted by molar-refractivity contribution is 8.04. The molecule has 0 saturated carbocycles. The van der Waals surface area contributed by atoms with Crippen molar-refractivity contribution in [1.82, 2.24) is 3.71 Å². The summed E-state index contributed by atoms with van der Waals surface area (Å²) in [6.45, 7) is 7.21. The van der Waals surface area contributed by atoms with Gasteiger partial charge in [0, 0.05) is 4.88 Å². The molecule has 0 saturated heterocycles. The lowest BCUT2D eigenvalue weighted by Crippen LogP contribution is -2.38. The van der Waals surface area contributed by atoms with Gasteiger partial charge in [0.15, 0.2) is 0 Å². The van der Waals surface area contributed by atoms with Crippen LogP contribution >= 0.6 is 11.3 Å². The number of thiophene rings is 1. The minimum atomic E-state index is -4.33. The maximum Gasteiger partial charge on any atom is 0.256 e. The average molecular weight is 448 g/mol. The van der Waals surface area contributed by atoms with Crippen molar-refractivity contribution in [2.24, 2.45) is 0 Å². The predicted octanol–water partition coefficient (Wildman–Crippen LogP) is 4.46. The third kappa shape index (κ3) is 4.51. The first kappa shape index (κ1) is 21.4. The quantitative estimate of drug-likeness (QED) is 0.536. The van der Waals surface area contributed by atoms with E-state index in [2.05, 4.69) is 6.58 Å². The van der Waals surface area contributed by atoms with E-state index in [0.29, 0.717) is 9.28 Å². The van der Waals surface area contributed by atoms with E-state index in [9.17, 15) is 16.8 Å². The van der Waals surface area contributed by atoms with Crippen LogP contribution in [0.1, 0.15) is 16.0 Å². The Balaban J connectivity index is 2.11. The Bertz CT molecular complexity index is 1130. The molecule has 0 bridgehead atoms. The Labute approximate surface area is 176 Å². The molecule has 2 aromatic carbocycles. The molecule has 1 aromatic heterocycles. The molecule has 29 heavy (non-hydrogen) atoms. The first-order chi connectivity index (χ1) is 13.6. The van der Waals surface area contributed by atoms with Gasteiger partial charge >= 0.3 is 0 Å². The topological polar surface area (TPSA) is 71.5 Å². The molecule has 0 N–H and O–H groups in total. The van der Waals surface area contributed by atoms with Crippen LogP contribution in [0.15, 0.2) is 82.4 Å². The Hall–Kier alpha value is -2.26. The van der Waals surface area contributed by atoms with E-state index in [1.54, 1.807) is 36.4 Å². The van der Waals surface area contributed by atoms with Crippen LogP contribution < -0.4 is 0 Å². The van der Waals surface area contributed by atoms with Crippen molar-refractivity contribution in [1.29, 1.82) is 0 Å². The molecule has 0 aliphatic carbocycles. The summed E-state index contributed by atoms with van der Waals surface area (Å²) in [6, 6.07) is 15.8. The number of aryl methyl sites for hydroxylation is 2. The highest BCUT2D eigenvalue weighted by Gasteiger charge is 2.37. The molecular weight excluding hydrogens is 426 g/mol. The number of nitrogens with zero attached hydrogens (tertiary/aromatic N) is 1. The molecule has 0 atom stereocenters. The molecule has 1 heterocycles. The van der Waals surface area contributed by atoms with Gasteiger partial charge in [-0.3, -0.25) is 0 Å². The van der Waals surface area contributed by atoms with Gasteiger partial charge in [-0.1, -0.05) is 51.7 Å². The Morgan fingerprint density at radius 3 is 1.66 bits per heavy atom. The maximum atomic E-state index is 13.3. The second-order valence-corrected chi connectivity index (χ2v) is 11.6. The van der Waals surface area contributed by atoms with E-state index < -0.39 is 20.0 Å². The Morgan fingerprint density at radius 1 is 0.828 bits per heavy atom. The van der Waals surface area contributed by atoms with Crippen LogP contribution in [0.2, 0.25) is 0 Å². The first-order valence-corrected chi connectivity index (χ1v) is 12.5. The van der Waals surface area contributed by atoms with Crippen LogP contribution in [0.5, 0.6) is 0 Å². The average Bonchev–Trinajstić information content (AvgIpc) is 3.21. The molecule has 0 radical (unpaired) electrons. The molecule has 152 valence electrons. The van der Waals surface area contributed by atoms with Gasteiger partial charge in [-0.15, -0.1) is 11.3 Å². The first-order valence-electron chi connectivity index (χ1n) is 8.75. The highest BCUT2D eigenvalue weighted by atomic mass is 32.3. The predicted molar refractivity (Wildman–Crippen MR) is 117 cm³/mol. The molecule has 0 amide bonds. The van der Waals surface area contributed by atoms with Crippen LogP contribution in [0.4, 0.5) is 0 Å². The zero-order valence-corrected chi connectivity index (χ0v) is 18.5. The number of sulfonamides is 2. The molecule has 0 aliphatic rings. The van der Waals surface area contributed by atoms with E-state index in [0.717, 1.165) is 16.0 Å². The number of hydrogen-bond acceptors (Lipinski definition) is 5. The van der Waals surface area contributed by atoms with E-state index in [1.165, 1.54) is 35.6 Å². The zero-order chi connectivity index (χ0) is 21.2. The second-order valence-electron chi connectivity index (χ2n) is 6.65. The zero-order valence-electron chi connectivity index (χ0n) is 16.1. The number of hydrogen-bond donors (Lipinski definition) is 0. The molecule has 0 unspecified atom stereocenters. The third-order valence-electron chi connectivity index (χ3n) is 4.36. The smallest absolute Gasteiger partial charge is 0.206 e. The van der Waals surface area contributed by atoms with E-state index in [1.807, 2.05) is 19.2 Å². The molecular formula is C21H21NO4S3. The number of benzene rings is 2. The van der Waals surface area contributed by atoms with E-state index >= 15 is 0 Å². The minimum Gasteiger partial charge on any atom is -0.206 e. The van der Waals surface area contributed by atoms with Gasteiger partial charge in [0.2, 0.25) is 0 Å². The van der Waals surface area contributed by atoms with Crippen molar-refractivity contribution in [3.05, 3.63) is 88.6 Å². The van der Waals surface area contributed by atoms with Crippen LogP contribution in [0, 0.1) is 13.8 Å².